The second kappa shape index (κ2) is 5.92. The van der Waals surface area contributed by atoms with Crippen LogP contribution in [0.5, 0.6) is 0 Å². The first-order chi connectivity index (χ1) is 8.47. The topological polar surface area (TPSA) is 35.2 Å². The molecule has 0 aromatic rings. The van der Waals surface area contributed by atoms with Crippen LogP contribution in [0.15, 0.2) is 0 Å². The molecule has 0 unspecified atom stereocenters. The molecular formula is C16H31NO. The molecule has 0 aromatic carbocycles. The van der Waals surface area contributed by atoms with E-state index in [0.29, 0.717) is 18.1 Å². The molecule has 0 heterocycles. The first-order valence-electron chi connectivity index (χ1n) is 7.91. The van der Waals surface area contributed by atoms with Crippen LogP contribution < -0.4 is 5.73 Å². The van der Waals surface area contributed by atoms with E-state index in [1.807, 2.05) is 0 Å². The average Bonchev–Trinajstić information content (AvgIpc) is 2.32. The molecule has 0 atom stereocenters. The van der Waals surface area contributed by atoms with Crippen molar-refractivity contribution in [1.82, 2.24) is 0 Å². The Morgan fingerprint density at radius 1 is 0.889 bits per heavy atom. The molecule has 2 nitrogen and oxygen atoms in total. The number of nitrogens with two attached hydrogens (primary N) is 1. The largest absolute Gasteiger partial charge is 0.372 e. The fraction of sp³-hybridized carbons (Fsp3) is 1.00. The molecule has 2 aliphatic carbocycles. The van der Waals surface area contributed by atoms with E-state index in [4.69, 9.17) is 10.5 Å². The molecule has 106 valence electrons. The van der Waals surface area contributed by atoms with E-state index in [0.717, 1.165) is 5.92 Å². The molecule has 0 amide bonds. The molecule has 0 aromatic heterocycles. The minimum atomic E-state index is 0.0470. The predicted molar refractivity (Wildman–Crippen MR) is 76.5 cm³/mol. The summed E-state index contributed by atoms with van der Waals surface area (Å²) < 4.78 is 6.46. The van der Waals surface area contributed by atoms with Crippen molar-refractivity contribution in [3.05, 3.63) is 0 Å². The third kappa shape index (κ3) is 3.71. The van der Waals surface area contributed by atoms with Gasteiger partial charge in [-0.25, -0.2) is 0 Å². The lowest BCUT2D eigenvalue weighted by Gasteiger charge is -2.42. The Hall–Kier alpha value is -0.0800. The SMILES string of the molecule is CC1CCC(OC(C)(C)C2CCC(N)CC2)CC1. The van der Waals surface area contributed by atoms with E-state index in [9.17, 15) is 0 Å². The van der Waals surface area contributed by atoms with Gasteiger partial charge in [-0.15, -0.1) is 0 Å². The maximum Gasteiger partial charge on any atom is 0.0658 e. The van der Waals surface area contributed by atoms with Gasteiger partial charge in [-0.3, -0.25) is 0 Å². The van der Waals surface area contributed by atoms with Crippen molar-refractivity contribution in [3.63, 3.8) is 0 Å². The maximum atomic E-state index is 6.46. The van der Waals surface area contributed by atoms with Crippen molar-refractivity contribution < 1.29 is 4.74 Å². The van der Waals surface area contributed by atoms with E-state index in [1.165, 1.54) is 51.4 Å². The van der Waals surface area contributed by atoms with E-state index in [2.05, 4.69) is 20.8 Å². The summed E-state index contributed by atoms with van der Waals surface area (Å²) in [6.07, 6.45) is 10.6. The van der Waals surface area contributed by atoms with Gasteiger partial charge in [-0.2, -0.15) is 0 Å². The van der Waals surface area contributed by atoms with Crippen molar-refractivity contribution in [3.8, 4) is 0 Å². The van der Waals surface area contributed by atoms with Gasteiger partial charge in [-0.1, -0.05) is 6.92 Å². The summed E-state index contributed by atoms with van der Waals surface area (Å²) in [6.45, 7) is 6.96. The lowest BCUT2D eigenvalue weighted by atomic mass is 9.77. The van der Waals surface area contributed by atoms with Crippen LogP contribution in [0, 0.1) is 11.8 Å². The smallest absolute Gasteiger partial charge is 0.0658 e. The van der Waals surface area contributed by atoms with Crippen molar-refractivity contribution in [2.24, 2.45) is 17.6 Å². The molecule has 0 aliphatic heterocycles. The number of hydrogen-bond acceptors (Lipinski definition) is 2. The van der Waals surface area contributed by atoms with Crippen LogP contribution in [0.2, 0.25) is 0 Å². The van der Waals surface area contributed by atoms with Gasteiger partial charge < -0.3 is 10.5 Å². The molecule has 2 aliphatic rings. The van der Waals surface area contributed by atoms with Gasteiger partial charge in [0.2, 0.25) is 0 Å². The second-order valence-electron chi connectivity index (χ2n) is 7.21. The molecule has 2 fully saturated rings. The normalized spacial score (nSPS) is 38.7. The molecule has 0 bridgehead atoms. The highest BCUT2D eigenvalue weighted by atomic mass is 16.5. The Morgan fingerprint density at radius 3 is 2.00 bits per heavy atom. The van der Waals surface area contributed by atoms with Crippen LogP contribution in [-0.2, 0) is 4.74 Å². The van der Waals surface area contributed by atoms with Crippen molar-refractivity contribution in [2.75, 3.05) is 0 Å². The second-order valence-corrected chi connectivity index (χ2v) is 7.21. The quantitative estimate of drug-likeness (QED) is 0.828. The van der Waals surface area contributed by atoms with Gasteiger partial charge in [-0.05, 0) is 77.0 Å². The van der Waals surface area contributed by atoms with E-state index >= 15 is 0 Å². The summed E-state index contributed by atoms with van der Waals surface area (Å²) in [4.78, 5) is 0. The van der Waals surface area contributed by atoms with Crippen LogP contribution in [-0.4, -0.2) is 17.7 Å². The van der Waals surface area contributed by atoms with Crippen molar-refractivity contribution in [1.29, 1.82) is 0 Å². The Morgan fingerprint density at radius 2 is 1.44 bits per heavy atom. The molecule has 2 heteroatoms. The zero-order chi connectivity index (χ0) is 13.2. The molecular weight excluding hydrogens is 222 g/mol. The standard InChI is InChI=1S/C16H31NO/c1-12-4-10-15(11-5-12)18-16(2,3)13-6-8-14(17)9-7-13/h12-15H,4-11,17H2,1-3H3. The minimum Gasteiger partial charge on any atom is -0.372 e. The highest BCUT2D eigenvalue weighted by Gasteiger charge is 2.35. The van der Waals surface area contributed by atoms with E-state index in [1.54, 1.807) is 0 Å². The Kier molecular flexibility index (Phi) is 4.71. The predicted octanol–water partition coefficient (Wildman–Crippen LogP) is 3.88. The third-order valence-electron chi connectivity index (χ3n) is 5.19. The molecule has 2 rings (SSSR count). The monoisotopic (exact) mass is 253 g/mol. The van der Waals surface area contributed by atoms with Gasteiger partial charge in [0, 0.05) is 6.04 Å². The van der Waals surface area contributed by atoms with Gasteiger partial charge in [0.1, 0.15) is 0 Å². The number of hydrogen-bond donors (Lipinski definition) is 1. The molecule has 18 heavy (non-hydrogen) atoms. The number of ether oxygens (including phenoxy) is 1. The van der Waals surface area contributed by atoms with E-state index < -0.39 is 0 Å². The van der Waals surface area contributed by atoms with Crippen LogP contribution in [0.25, 0.3) is 0 Å². The average molecular weight is 253 g/mol. The highest BCUT2D eigenvalue weighted by Crippen LogP contribution is 2.37. The molecule has 0 radical (unpaired) electrons. The number of rotatable bonds is 3. The summed E-state index contributed by atoms with van der Waals surface area (Å²) in [5.74, 6) is 1.61. The summed E-state index contributed by atoms with van der Waals surface area (Å²) >= 11 is 0. The molecule has 2 saturated carbocycles. The Balaban J connectivity index is 1.82. The van der Waals surface area contributed by atoms with Crippen LogP contribution in [0.1, 0.15) is 72.1 Å². The van der Waals surface area contributed by atoms with E-state index in [-0.39, 0.29) is 5.60 Å². The van der Waals surface area contributed by atoms with Gasteiger partial charge in [0.15, 0.2) is 0 Å². The zero-order valence-electron chi connectivity index (χ0n) is 12.5. The fourth-order valence-electron chi connectivity index (χ4n) is 3.69. The summed E-state index contributed by atoms with van der Waals surface area (Å²) in [5.41, 5.74) is 6.05. The van der Waals surface area contributed by atoms with Crippen LogP contribution >= 0.6 is 0 Å². The fourth-order valence-corrected chi connectivity index (χ4v) is 3.69. The summed E-state index contributed by atoms with van der Waals surface area (Å²) in [5, 5.41) is 0. The Bertz CT molecular complexity index is 248. The minimum absolute atomic E-state index is 0.0470. The van der Waals surface area contributed by atoms with Crippen LogP contribution in [0.4, 0.5) is 0 Å². The highest BCUT2D eigenvalue weighted by molar-refractivity contribution is 4.87. The third-order valence-corrected chi connectivity index (χ3v) is 5.19. The summed E-state index contributed by atoms with van der Waals surface area (Å²) in [6, 6.07) is 0.438. The van der Waals surface area contributed by atoms with Gasteiger partial charge >= 0.3 is 0 Å². The maximum absolute atomic E-state index is 6.46. The Labute approximate surface area is 113 Å². The molecule has 2 N–H and O–H groups in total. The zero-order valence-corrected chi connectivity index (χ0v) is 12.5. The lowest BCUT2D eigenvalue weighted by Crippen LogP contribution is -2.42. The van der Waals surface area contributed by atoms with Gasteiger partial charge in [0.25, 0.3) is 0 Å². The molecule has 0 saturated heterocycles. The van der Waals surface area contributed by atoms with Crippen LogP contribution in [0.3, 0.4) is 0 Å². The van der Waals surface area contributed by atoms with Crippen molar-refractivity contribution in [2.45, 2.75) is 89.9 Å². The first-order valence-corrected chi connectivity index (χ1v) is 7.91. The first kappa shape index (κ1) is 14.3. The van der Waals surface area contributed by atoms with Crippen molar-refractivity contribution >= 4 is 0 Å². The molecule has 0 spiro atoms. The van der Waals surface area contributed by atoms with Gasteiger partial charge in [0.05, 0.1) is 11.7 Å². The lowest BCUT2D eigenvalue weighted by molar-refractivity contribution is -0.125. The summed E-state index contributed by atoms with van der Waals surface area (Å²) in [7, 11) is 0.